The molecule has 33 heavy (non-hydrogen) atoms. The Morgan fingerprint density at radius 1 is 1.30 bits per heavy atom. The Bertz CT molecular complexity index is 1260. The number of fused-ring (bicyclic) bond motifs is 1. The first kappa shape index (κ1) is 22.2. The highest BCUT2D eigenvalue weighted by atomic mass is 35.5. The number of nitrogens with one attached hydrogen (secondary N) is 2. The quantitative estimate of drug-likeness (QED) is 0.458. The van der Waals surface area contributed by atoms with Gasteiger partial charge in [-0.1, -0.05) is 46.7 Å². The molecule has 1 aromatic carbocycles. The molecular formula is C22H19Cl2FN4O3S. The fourth-order valence-electron chi connectivity index (χ4n) is 4.45. The second-order valence-electron chi connectivity index (χ2n) is 8.37. The Labute approximate surface area is 202 Å². The molecule has 3 N–H and O–H groups in total. The summed E-state index contributed by atoms with van der Waals surface area (Å²) in [5.41, 5.74) is 1.99. The number of halogens is 3. The highest BCUT2D eigenvalue weighted by molar-refractivity contribution is 7.17. The fraction of sp³-hybridized carbons (Fsp3) is 0.318. The van der Waals surface area contributed by atoms with E-state index in [1.54, 1.807) is 19.1 Å². The van der Waals surface area contributed by atoms with Crippen molar-refractivity contribution >= 4 is 51.5 Å². The molecule has 0 radical (unpaired) electrons. The van der Waals surface area contributed by atoms with Gasteiger partial charge in [0.2, 0.25) is 0 Å². The largest absolute Gasteiger partial charge is 0.477 e. The molecule has 3 atom stereocenters. The maximum absolute atomic E-state index is 13.5. The van der Waals surface area contributed by atoms with Gasteiger partial charge in [-0.3, -0.25) is 4.79 Å². The zero-order chi connectivity index (χ0) is 23.4. The number of hydrogen-bond donors (Lipinski definition) is 3. The Kier molecular flexibility index (Phi) is 5.58. The van der Waals surface area contributed by atoms with Gasteiger partial charge in [0.05, 0.1) is 15.7 Å². The molecule has 0 bridgehead atoms. The maximum atomic E-state index is 13.5. The number of aryl methyl sites for hydroxylation is 1. The van der Waals surface area contributed by atoms with Crippen LogP contribution in [0.3, 0.4) is 0 Å². The van der Waals surface area contributed by atoms with Crippen LogP contribution in [0.2, 0.25) is 10.0 Å². The van der Waals surface area contributed by atoms with Crippen molar-refractivity contribution in [2.45, 2.75) is 19.4 Å². The lowest BCUT2D eigenvalue weighted by molar-refractivity contribution is 0.0700. The zero-order valence-electron chi connectivity index (χ0n) is 17.4. The number of carboxylic acid groups (broad SMARTS) is 1. The summed E-state index contributed by atoms with van der Waals surface area (Å²) in [5, 5.41) is 13.8. The lowest BCUT2D eigenvalue weighted by Gasteiger charge is -2.19. The van der Waals surface area contributed by atoms with Crippen LogP contribution in [0.4, 0.5) is 9.52 Å². The summed E-state index contributed by atoms with van der Waals surface area (Å²) in [6, 6.07) is 6.10. The number of piperidine rings is 1. The summed E-state index contributed by atoms with van der Waals surface area (Å²) in [5.74, 6) is -1.20. The summed E-state index contributed by atoms with van der Waals surface area (Å²) in [6.45, 7) is 3.08. The smallest absolute Gasteiger partial charge is 0.347 e. The molecule has 0 spiro atoms. The van der Waals surface area contributed by atoms with Crippen molar-refractivity contribution < 1.29 is 19.1 Å². The van der Waals surface area contributed by atoms with Crippen LogP contribution < -0.4 is 10.2 Å². The van der Waals surface area contributed by atoms with E-state index >= 15 is 0 Å². The number of anilines is 1. The van der Waals surface area contributed by atoms with Crippen molar-refractivity contribution in [1.82, 2.24) is 15.3 Å². The molecule has 2 aromatic heterocycles. The second-order valence-corrected chi connectivity index (χ2v) is 10.1. The maximum Gasteiger partial charge on any atom is 0.347 e. The molecule has 5 rings (SSSR count). The Balaban J connectivity index is 1.25. The van der Waals surface area contributed by atoms with Crippen LogP contribution in [0, 0.1) is 24.6 Å². The van der Waals surface area contributed by atoms with E-state index < -0.39 is 5.97 Å². The van der Waals surface area contributed by atoms with Crippen LogP contribution >= 0.6 is 34.5 Å². The van der Waals surface area contributed by atoms with Crippen molar-refractivity contribution in [2.75, 3.05) is 18.0 Å². The molecule has 172 valence electrons. The summed E-state index contributed by atoms with van der Waals surface area (Å²) < 4.78 is 13.5. The summed E-state index contributed by atoms with van der Waals surface area (Å²) in [7, 11) is 0. The topological polar surface area (TPSA) is 98.3 Å². The molecular weight excluding hydrogens is 490 g/mol. The van der Waals surface area contributed by atoms with Gasteiger partial charge in [0.15, 0.2) is 5.13 Å². The molecule has 11 heteroatoms. The minimum Gasteiger partial charge on any atom is -0.477 e. The highest BCUT2D eigenvalue weighted by Gasteiger charge is 2.57. The number of benzene rings is 1. The molecule has 1 amide bonds. The van der Waals surface area contributed by atoms with Gasteiger partial charge in [0, 0.05) is 43.1 Å². The molecule has 1 unspecified atom stereocenters. The third-order valence-corrected chi connectivity index (χ3v) is 8.28. The van der Waals surface area contributed by atoms with E-state index in [9.17, 15) is 19.1 Å². The van der Waals surface area contributed by atoms with E-state index in [0.29, 0.717) is 40.2 Å². The first-order valence-electron chi connectivity index (χ1n) is 10.3. The number of amides is 1. The Morgan fingerprint density at radius 2 is 2.03 bits per heavy atom. The number of aromatic amines is 1. The number of carbonyl (C=O) groups is 2. The van der Waals surface area contributed by atoms with Crippen molar-refractivity contribution in [3.63, 3.8) is 0 Å². The standard InChI is InChI=1S/C22H19Cl2FN4O3S/c1-9-15(23)16(24)18(26-9)20(30)28-17-12-7-29(8-13(12)17)22-27-14(19(33-22)21(31)32)6-10-3-2-4-11(25)5-10/h2-5,12-13,17,26H,6-8H2,1H3,(H,28,30)(H,31,32)/t12-,13+,17?. The van der Waals surface area contributed by atoms with Gasteiger partial charge in [-0.05, 0) is 24.6 Å². The van der Waals surface area contributed by atoms with Crippen LogP contribution in [0.5, 0.6) is 0 Å². The molecule has 1 saturated carbocycles. The number of carbonyl (C=O) groups excluding carboxylic acids is 1. The monoisotopic (exact) mass is 508 g/mol. The highest BCUT2D eigenvalue weighted by Crippen LogP contribution is 2.48. The first-order valence-corrected chi connectivity index (χ1v) is 11.9. The van der Waals surface area contributed by atoms with Gasteiger partial charge in [-0.15, -0.1) is 0 Å². The van der Waals surface area contributed by atoms with Crippen molar-refractivity contribution in [2.24, 2.45) is 11.8 Å². The number of hydrogen-bond acceptors (Lipinski definition) is 5. The number of nitrogens with zero attached hydrogens (tertiary/aromatic N) is 2. The van der Waals surface area contributed by atoms with Crippen molar-refractivity contribution in [3.05, 3.63) is 67.7 Å². The van der Waals surface area contributed by atoms with E-state index in [2.05, 4.69) is 15.3 Å². The molecule has 1 aliphatic heterocycles. The van der Waals surface area contributed by atoms with Crippen LogP contribution in [-0.4, -0.2) is 46.1 Å². The van der Waals surface area contributed by atoms with E-state index in [1.165, 1.54) is 12.1 Å². The third-order valence-electron chi connectivity index (χ3n) is 6.18. The average Bonchev–Trinajstić information content (AvgIpc) is 3.12. The van der Waals surface area contributed by atoms with Gasteiger partial charge in [-0.25, -0.2) is 14.2 Å². The number of rotatable bonds is 6. The molecule has 1 saturated heterocycles. The van der Waals surface area contributed by atoms with Crippen LogP contribution in [0.25, 0.3) is 0 Å². The fourth-order valence-corrected chi connectivity index (χ4v) is 5.81. The van der Waals surface area contributed by atoms with Gasteiger partial charge >= 0.3 is 5.97 Å². The van der Waals surface area contributed by atoms with E-state index in [1.807, 2.05) is 4.90 Å². The minimum atomic E-state index is -1.04. The first-order chi connectivity index (χ1) is 15.7. The SMILES string of the molecule is Cc1[nH]c(C(=O)NC2[C@H]3CN(c4nc(Cc5cccc(F)c5)c(C(=O)O)s4)C[C@@H]23)c(Cl)c1Cl. The number of aromatic nitrogens is 2. The summed E-state index contributed by atoms with van der Waals surface area (Å²) in [6.07, 6.45) is 0.244. The number of H-pyrrole nitrogens is 1. The summed E-state index contributed by atoms with van der Waals surface area (Å²) in [4.78, 5) is 34.0. The number of thiazole rings is 1. The predicted octanol–water partition coefficient (Wildman–Crippen LogP) is 4.38. The molecule has 7 nitrogen and oxygen atoms in total. The lowest BCUT2D eigenvalue weighted by Crippen LogP contribution is -2.34. The van der Waals surface area contributed by atoms with Crippen molar-refractivity contribution in [1.29, 1.82) is 0 Å². The van der Waals surface area contributed by atoms with Gasteiger partial charge in [0.1, 0.15) is 16.4 Å². The number of carboxylic acids is 1. The normalized spacial score (nSPS) is 21.2. The van der Waals surface area contributed by atoms with Crippen LogP contribution in [-0.2, 0) is 6.42 Å². The minimum absolute atomic E-state index is 0.0258. The zero-order valence-corrected chi connectivity index (χ0v) is 19.7. The van der Waals surface area contributed by atoms with Gasteiger partial charge in [0.25, 0.3) is 5.91 Å². The van der Waals surface area contributed by atoms with E-state index in [-0.39, 0.29) is 51.6 Å². The Morgan fingerprint density at radius 3 is 2.64 bits per heavy atom. The van der Waals surface area contributed by atoms with Crippen LogP contribution in [0.1, 0.15) is 37.1 Å². The Hall–Kier alpha value is -2.62. The molecule has 2 aliphatic rings. The van der Waals surface area contributed by atoms with Gasteiger partial charge < -0.3 is 20.3 Å². The third kappa shape index (κ3) is 4.09. The van der Waals surface area contributed by atoms with Gasteiger partial charge in [-0.2, -0.15) is 0 Å². The van der Waals surface area contributed by atoms with Crippen molar-refractivity contribution in [3.8, 4) is 0 Å². The molecule has 2 fully saturated rings. The average molecular weight is 509 g/mol. The molecule has 3 heterocycles. The van der Waals surface area contributed by atoms with Crippen LogP contribution in [0.15, 0.2) is 24.3 Å². The molecule has 1 aliphatic carbocycles. The van der Waals surface area contributed by atoms with E-state index in [0.717, 1.165) is 11.3 Å². The lowest BCUT2D eigenvalue weighted by atomic mass is 10.1. The molecule has 3 aromatic rings. The summed E-state index contributed by atoms with van der Waals surface area (Å²) >= 11 is 13.3. The number of aromatic carboxylic acids is 1. The second kappa shape index (κ2) is 8.30. The van der Waals surface area contributed by atoms with E-state index in [4.69, 9.17) is 23.2 Å². The predicted molar refractivity (Wildman–Crippen MR) is 124 cm³/mol.